The van der Waals surface area contributed by atoms with E-state index < -0.39 is 22.7 Å². The number of carboxylic acids is 1. The molecule has 1 rings (SSSR count). The Kier molecular flexibility index (Phi) is 5.01. The minimum absolute atomic E-state index is 0.0543. The zero-order valence-electron chi connectivity index (χ0n) is 11.0. The summed E-state index contributed by atoms with van der Waals surface area (Å²) in [4.78, 5) is 32.3. The van der Waals surface area contributed by atoms with E-state index >= 15 is 0 Å². The molecule has 0 heterocycles. The molecular formula is C12H14N2O6. The maximum Gasteiger partial charge on any atom is 0.315 e. The molecule has 0 aliphatic carbocycles. The number of carbonyl (C=O) groups excluding carboxylic acids is 1. The van der Waals surface area contributed by atoms with Gasteiger partial charge in [0.1, 0.15) is 11.7 Å². The SMILES string of the molecule is COc1ccc([N+](=O)[O-])cc1CNC(=O)C(C)C(=O)O. The first-order valence-corrected chi connectivity index (χ1v) is 5.68. The molecule has 108 valence electrons. The Morgan fingerprint density at radius 3 is 2.65 bits per heavy atom. The van der Waals surface area contributed by atoms with Crippen LogP contribution in [-0.2, 0) is 16.1 Å². The van der Waals surface area contributed by atoms with Crippen molar-refractivity contribution in [3.63, 3.8) is 0 Å². The molecule has 0 fully saturated rings. The standard InChI is InChI=1S/C12H14N2O6/c1-7(12(16)17)11(15)13-6-8-5-9(14(18)19)3-4-10(8)20-2/h3-5,7H,6H2,1-2H3,(H,13,15)(H,16,17). The van der Waals surface area contributed by atoms with Gasteiger partial charge in [-0.1, -0.05) is 0 Å². The first kappa shape index (κ1) is 15.4. The second-order valence-corrected chi connectivity index (χ2v) is 4.03. The molecule has 1 unspecified atom stereocenters. The maximum absolute atomic E-state index is 11.5. The highest BCUT2D eigenvalue weighted by molar-refractivity contribution is 5.96. The molecule has 8 heteroatoms. The monoisotopic (exact) mass is 282 g/mol. The lowest BCUT2D eigenvalue weighted by Gasteiger charge is -2.11. The van der Waals surface area contributed by atoms with Gasteiger partial charge in [0, 0.05) is 24.2 Å². The number of rotatable bonds is 6. The molecule has 2 N–H and O–H groups in total. The van der Waals surface area contributed by atoms with Crippen LogP contribution in [0.25, 0.3) is 0 Å². The summed E-state index contributed by atoms with van der Waals surface area (Å²) in [6, 6.07) is 3.97. The molecule has 0 aliphatic heterocycles. The van der Waals surface area contributed by atoms with Gasteiger partial charge in [-0.15, -0.1) is 0 Å². The molecule has 20 heavy (non-hydrogen) atoms. The molecular weight excluding hydrogens is 268 g/mol. The predicted octanol–water partition coefficient (Wildman–Crippen LogP) is 0.940. The fourth-order valence-electron chi connectivity index (χ4n) is 1.46. The van der Waals surface area contributed by atoms with E-state index in [0.717, 1.165) is 0 Å². The molecule has 0 bridgehead atoms. The van der Waals surface area contributed by atoms with Crippen molar-refractivity contribution >= 4 is 17.6 Å². The van der Waals surface area contributed by atoms with Gasteiger partial charge in [-0.3, -0.25) is 19.7 Å². The Labute approximate surface area is 114 Å². The number of carbonyl (C=O) groups is 2. The van der Waals surface area contributed by atoms with Crippen LogP contribution in [0.3, 0.4) is 0 Å². The van der Waals surface area contributed by atoms with Crippen molar-refractivity contribution < 1.29 is 24.4 Å². The fourth-order valence-corrected chi connectivity index (χ4v) is 1.46. The molecule has 0 aromatic heterocycles. The van der Waals surface area contributed by atoms with E-state index in [4.69, 9.17) is 9.84 Å². The number of methoxy groups -OCH3 is 1. The maximum atomic E-state index is 11.5. The Balaban J connectivity index is 2.85. The van der Waals surface area contributed by atoms with Gasteiger partial charge in [0.2, 0.25) is 5.91 Å². The van der Waals surface area contributed by atoms with Gasteiger partial charge < -0.3 is 15.2 Å². The molecule has 0 radical (unpaired) electrons. The van der Waals surface area contributed by atoms with Gasteiger partial charge in [0.25, 0.3) is 5.69 Å². The zero-order valence-corrected chi connectivity index (χ0v) is 11.0. The lowest BCUT2D eigenvalue weighted by atomic mass is 10.1. The third-order valence-electron chi connectivity index (χ3n) is 2.69. The highest BCUT2D eigenvalue weighted by atomic mass is 16.6. The number of nitro benzene ring substituents is 1. The number of hydrogen-bond acceptors (Lipinski definition) is 5. The molecule has 1 aromatic carbocycles. The number of nitrogens with zero attached hydrogens (tertiary/aromatic N) is 1. The van der Waals surface area contributed by atoms with E-state index in [9.17, 15) is 19.7 Å². The van der Waals surface area contributed by atoms with Crippen LogP contribution in [0.2, 0.25) is 0 Å². The average Bonchev–Trinajstić information content (AvgIpc) is 2.43. The van der Waals surface area contributed by atoms with Crippen molar-refractivity contribution in [2.24, 2.45) is 5.92 Å². The summed E-state index contributed by atoms with van der Waals surface area (Å²) in [7, 11) is 1.40. The highest BCUT2D eigenvalue weighted by Gasteiger charge is 2.20. The zero-order chi connectivity index (χ0) is 15.3. The number of hydrogen-bond donors (Lipinski definition) is 2. The van der Waals surface area contributed by atoms with Crippen LogP contribution in [0.5, 0.6) is 5.75 Å². The van der Waals surface area contributed by atoms with E-state index in [-0.39, 0.29) is 12.2 Å². The van der Waals surface area contributed by atoms with Crippen LogP contribution in [-0.4, -0.2) is 29.0 Å². The summed E-state index contributed by atoms with van der Waals surface area (Å²) < 4.78 is 5.03. The van der Waals surface area contributed by atoms with Crippen LogP contribution in [0.15, 0.2) is 18.2 Å². The number of nitrogens with one attached hydrogen (secondary N) is 1. The van der Waals surface area contributed by atoms with Crippen LogP contribution in [0.1, 0.15) is 12.5 Å². The molecule has 1 atom stereocenters. The average molecular weight is 282 g/mol. The summed E-state index contributed by atoms with van der Waals surface area (Å²) in [5.41, 5.74) is 0.258. The number of non-ortho nitro benzene ring substituents is 1. The van der Waals surface area contributed by atoms with Crippen molar-refractivity contribution in [3.05, 3.63) is 33.9 Å². The van der Waals surface area contributed by atoms with Gasteiger partial charge in [-0.2, -0.15) is 0 Å². The molecule has 0 spiro atoms. The van der Waals surface area contributed by atoms with Crippen molar-refractivity contribution in [2.45, 2.75) is 13.5 Å². The van der Waals surface area contributed by atoms with E-state index in [1.165, 1.54) is 32.2 Å². The third kappa shape index (κ3) is 3.67. The Hall–Kier alpha value is -2.64. The summed E-state index contributed by atoms with van der Waals surface area (Å²) in [6.07, 6.45) is 0. The summed E-state index contributed by atoms with van der Waals surface area (Å²) in [6.45, 7) is 1.20. The Bertz CT molecular complexity index is 543. The number of benzene rings is 1. The molecule has 0 saturated carbocycles. The Morgan fingerprint density at radius 1 is 1.50 bits per heavy atom. The molecule has 8 nitrogen and oxygen atoms in total. The summed E-state index contributed by atoms with van der Waals surface area (Å²) in [5, 5.41) is 21.8. The largest absolute Gasteiger partial charge is 0.496 e. The van der Waals surface area contributed by atoms with Gasteiger partial charge in [-0.25, -0.2) is 0 Å². The van der Waals surface area contributed by atoms with Gasteiger partial charge >= 0.3 is 5.97 Å². The second-order valence-electron chi connectivity index (χ2n) is 4.03. The van der Waals surface area contributed by atoms with E-state index in [2.05, 4.69) is 5.32 Å². The number of carboxylic acid groups (broad SMARTS) is 1. The van der Waals surface area contributed by atoms with Crippen molar-refractivity contribution in [1.29, 1.82) is 0 Å². The first-order chi connectivity index (χ1) is 9.36. The smallest absolute Gasteiger partial charge is 0.315 e. The molecule has 1 aromatic rings. The number of aliphatic carboxylic acids is 1. The number of ether oxygens (including phenoxy) is 1. The van der Waals surface area contributed by atoms with E-state index in [1.54, 1.807) is 0 Å². The lowest BCUT2D eigenvalue weighted by molar-refractivity contribution is -0.384. The predicted molar refractivity (Wildman–Crippen MR) is 68.3 cm³/mol. The van der Waals surface area contributed by atoms with Crippen LogP contribution >= 0.6 is 0 Å². The van der Waals surface area contributed by atoms with Gasteiger partial charge in [0.05, 0.1) is 12.0 Å². The van der Waals surface area contributed by atoms with Crippen LogP contribution in [0.4, 0.5) is 5.69 Å². The minimum Gasteiger partial charge on any atom is -0.496 e. The molecule has 0 saturated heterocycles. The summed E-state index contributed by atoms with van der Waals surface area (Å²) >= 11 is 0. The van der Waals surface area contributed by atoms with Crippen LogP contribution < -0.4 is 10.1 Å². The van der Waals surface area contributed by atoms with E-state index in [0.29, 0.717) is 11.3 Å². The second kappa shape index (κ2) is 6.50. The number of amides is 1. The van der Waals surface area contributed by atoms with Gasteiger partial charge in [-0.05, 0) is 13.0 Å². The lowest BCUT2D eigenvalue weighted by Crippen LogP contribution is -2.33. The van der Waals surface area contributed by atoms with Crippen molar-refractivity contribution in [3.8, 4) is 5.75 Å². The summed E-state index contributed by atoms with van der Waals surface area (Å²) in [5.74, 6) is -2.74. The van der Waals surface area contributed by atoms with Gasteiger partial charge in [0.15, 0.2) is 0 Å². The van der Waals surface area contributed by atoms with E-state index in [1.807, 2.05) is 0 Å². The first-order valence-electron chi connectivity index (χ1n) is 5.68. The number of nitro groups is 1. The van der Waals surface area contributed by atoms with Crippen LogP contribution in [0, 0.1) is 16.0 Å². The normalized spacial score (nSPS) is 11.5. The quantitative estimate of drug-likeness (QED) is 0.455. The minimum atomic E-state index is -1.24. The Morgan fingerprint density at radius 2 is 2.15 bits per heavy atom. The van der Waals surface area contributed by atoms with Crippen molar-refractivity contribution in [1.82, 2.24) is 5.32 Å². The topological polar surface area (TPSA) is 119 Å². The third-order valence-corrected chi connectivity index (χ3v) is 2.69. The molecule has 0 aliphatic rings. The fraction of sp³-hybridized carbons (Fsp3) is 0.333. The van der Waals surface area contributed by atoms with Crippen molar-refractivity contribution in [2.75, 3.05) is 7.11 Å². The molecule has 1 amide bonds. The highest BCUT2D eigenvalue weighted by Crippen LogP contribution is 2.23.